The quantitative estimate of drug-likeness (QED) is 0.0413. The Morgan fingerprint density at radius 3 is 1.15 bits per heavy atom. The molecule has 4 N–H and O–H groups in total. The zero-order valence-electron chi connectivity index (χ0n) is 44.2. The van der Waals surface area contributed by atoms with Crippen LogP contribution >= 0.6 is 47.0 Å². The second-order valence-corrected chi connectivity index (χ2v) is 22.0. The Bertz CT molecular complexity index is 3300. The van der Waals surface area contributed by atoms with Gasteiger partial charge in [0, 0.05) is 101 Å². The van der Waals surface area contributed by atoms with Gasteiger partial charge in [0.2, 0.25) is 0 Å². The topological polar surface area (TPSA) is 224 Å². The molecule has 416 valence electrons. The fraction of sp³-hybridized carbons (Fsp3) is 0.200. The minimum atomic E-state index is -1.40. The smallest absolute Gasteiger partial charge is 0.550 e. The maximum atomic E-state index is 15.5. The van der Waals surface area contributed by atoms with E-state index in [0.717, 1.165) is 19.6 Å². The number of ether oxygens (including phenoxy) is 4. The summed E-state index contributed by atoms with van der Waals surface area (Å²) >= 11 is 5.32. The van der Waals surface area contributed by atoms with E-state index in [-0.39, 0.29) is 50.6 Å². The number of carbonyl (C=O) groups is 2. The van der Waals surface area contributed by atoms with Gasteiger partial charge in [0.05, 0.1) is 73.7 Å². The summed E-state index contributed by atoms with van der Waals surface area (Å²) < 4.78 is 52.2. The summed E-state index contributed by atoms with van der Waals surface area (Å²) in [5, 5.41) is 62.9. The number of aliphatic hydroxyl groups is 4. The molecule has 14 nitrogen and oxygen atoms in total. The molecule has 0 unspecified atom stereocenters. The number of carbonyl (C=O) groups excluding carboxylic acids is 2. The molecule has 0 bridgehead atoms. The number of aliphatic hydroxyl groups excluding tert-OH is 4. The molecule has 4 atom stereocenters. The van der Waals surface area contributed by atoms with E-state index < -0.39 is 60.8 Å². The van der Waals surface area contributed by atoms with Crippen molar-refractivity contribution in [3.63, 3.8) is 0 Å². The molecule has 0 saturated heterocycles. The number of fused-ring (bicyclic) bond motifs is 2. The van der Waals surface area contributed by atoms with Gasteiger partial charge in [-0.05, 0) is 97.1 Å². The summed E-state index contributed by atoms with van der Waals surface area (Å²) in [7, 11) is 6.30. The number of hydrogen-bond donors (Lipinski definition) is 4. The van der Waals surface area contributed by atoms with Gasteiger partial charge in [-0.15, -0.1) is 0 Å². The fourth-order valence-corrected chi connectivity index (χ4v) is 11.8. The average molecular weight is 1200 g/mol. The number of pyridine rings is 2. The van der Waals surface area contributed by atoms with Crippen molar-refractivity contribution >= 4 is 131 Å². The molecule has 8 aromatic rings. The number of methoxy groups -OCH3 is 4. The maximum absolute atomic E-state index is 15.5. The van der Waals surface area contributed by atoms with E-state index in [9.17, 15) is 40.2 Å². The molecule has 6 aromatic carbocycles. The monoisotopic (exact) mass is 1200 g/mol. The van der Waals surface area contributed by atoms with Crippen molar-refractivity contribution in [3.05, 3.63) is 169 Å². The number of aromatic nitrogens is 2. The number of carboxylic acid groups (broad SMARTS) is 2. The number of rotatable bonds is 24. The first kappa shape index (κ1) is 64.3. The van der Waals surface area contributed by atoms with Crippen molar-refractivity contribution in [2.45, 2.75) is 89.3 Å². The van der Waals surface area contributed by atoms with E-state index in [1.165, 1.54) is 71.3 Å². The molecule has 21 heteroatoms. The zero-order valence-corrected chi connectivity index (χ0v) is 49.7. The first-order valence-electron chi connectivity index (χ1n) is 24.5. The molecule has 0 aliphatic carbocycles. The second kappa shape index (κ2) is 31.5. The Morgan fingerprint density at radius 2 is 0.840 bits per heavy atom. The third-order valence-electron chi connectivity index (χ3n) is 11.7. The SMILES string of the molecule is COc1cccc(Sc2cc3ncc(/C=C/[C@@H](O)C[C@@H](O)CC(=O)[O-])c(Sc4cccc(OC)c4)c3cc2F)c1.COc1cccc(Sc2cc3ncc(/C=C/[C@@H](O)C[C@@H](O)CC(=O)[O-])c(Sc4cccc(OC)c4)c3cc2F)c1.[Ca+2]. The first-order chi connectivity index (χ1) is 38.5. The minimum absolute atomic E-state index is 0. The predicted molar refractivity (Wildman–Crippen MR) is 308 cm³/mol. The molecule has 2 heterocycles. The molecule has 0 radical (unpaired) electrons. The summed E-state index contributed by atoms with van der Waals surface area (Å²) in [5.41, 5.74) is 2.39. The average Bonchev–Trinajstić information content (AvgIpc) is 3.47. The van der Waals surface area contributed by atoms with Crippen LogP contribution in [0.4, 0.5) is 8.78 Å². The van der Waals surface area contributed by atoms with Crippen LogP contribution in [0.3, 0.4) is 0 Å². The predicted octanol–water partition coefficient (Wildman–Crippen LogP) is 9.54. The van der Waals surface area contributed by atoms with Gasteiger partial charge >= 0.3 is 37.7 Å². The molecule has 0 spiro atoms. The molecule has 8 rings (SSSR count). The van der Waals surface area contributed by atoms with Gasteiger partial charge in [0.15, 0.2) is 0 Å². The van der Waals surface area contributed by atoms with Gasteiger partial charge in [-0.1, -0.05) is 95.6 Å². The van der Waals surface area contributed by atoms with Crippen LogP contribution in [0.25, 0.3) is 34.0 Å². The van der Waals surface area contributed by atoms with Crippen molar-refractivity contribution in [1.29, 1.82) is 0 Å². The first-order valence-corrected chi connectivity index (χ1v) is 27.8. The van der Waals surface area contributed by atoms with Crippen LogP contribution in [0.15, 0.2) is 185 Å². The zero-order chi connectivity index (χ0) is 57.3. The number of nitrogens with zero attached hydrogens (tertiary/aromatic N) is 2. The number of hydrogen-bond acceptors (Lipinski definition) is 18. The fourth-order valence-electron chi connectivity index (χ4n) is 7.83. The Labute approximate surface area is 513 Å². The molecule has 81 heavy (non-hydrogen) atoms. The third-order valence-corrected chi connectivity index (χ3v) is 16.0. The third kappa shape index (κ3) is 19.1. The van der Waals surface area contributed by atoms with Gasteiger partial charge in [0.25, 0.3) is 0 Å². The van der Waals surface area contributed by atoms with Gasteiger partial charge < -0.3 is 59.2 Å². The van der Waals surface area contributed by atoms with Crippen LogP contribution in [0.1, 0.15) is 36.8 Å². The van der Waals surface area contributed by atoms with Gasteiger partial charge in [-0.3, -0.25) is 9.97 Å². The Kier molecular flexibility index (Phi) is 25.0. The Hall–Kier alpha value is -5.88. The standard InChI is InChI=1S/2C30H28FNO6S2.Ca/c2*1-37-21-5-3-7-23(13-21)39-28-16-27-25(15-26(28)31)30(40-24-8-4-6-22(14-24)38-2)18(17-32-27)9-10-19(33)11-20(34)12-29(35)36;/h2*3-10,13-17,19-20,33-34H,11-12H2,1-2H3,(H,35,36);/q;;+2/p-2/b2*10-9+;/t2*19-,20-;/m11./s1. The molecular formula is C60H54CaF2N2O12S4. The summed E-state index contributed by atoms with van der Waals surface area (Å²) in [4.78, 5) is 36.1. The van der Waals surface area contributed by atoms with Crippen LogP contribution in [-0.2, 0) is 9.59 Å². The number of carboxylic acids is 2. The van der Waals surface area contributed by atoms with E-state index in [1.54, 1.807) is 65.1 Å². The van der Waals surface area contributed by atoms with Gasteiger partial charge in [-0.25, -0.2) is 8.78 Å². The van der Waals surface area contributed by atoms with E-state index in [0.29, 0.717) is 75.5 Å². The second-order valence-electron chi connectivity index (χ2n) is 17.6. The summed E-state index contributed by atoms with van der Waals surface area (Å²) in [5.74, 6) is -0.945. The molecule has 0 saturated carbocycles. The molecule has 2 aromatic heterocycles. The molecular weight excluding hydrogens is 1150 g/mol. The van der Waals surface area contributed by atoms with Crippen LogP contribution < -0.4 is 29.2 Å². The van der Waals surface area contributed by atoms with Crippen molar-refractivity contribution in [3.8, 4) is 23.0 Å². The summed E-state index contributed by atoms with van der Waals surface area (Å²) in [6.45, 7) is 0. The van der Waals surface area contributed by atoms with E-state index in [2.05, 4.69) is 9.97 Å². The van der Waals surface area contributed by atoms with E-state index in [1.807, 2.05) is 97.1 Å². The number of benzene rings is 6. The van der Waals surface area contributed by atoms with Crippen molar-refractivity contribution < 1.29 is 68.0 Å². The van der Waals surface area contributed by atoms with Gasteiger partial charge in [-0.2, -0.15) is 0 Å². The Morgan fingerprint density at radius 1 is 0.519 bits per heavy atom. The van der Waals surface area contributed by atoms with E-state index >= 15 is 8.78 Å². The van der Waals surface area contributed by atoms with Crippen LogP contribution in [0, 0.1) is 11.6 Å². The number of aliphatic carboxylic acids is 2. The molecule has 0 aliphatic rings. The van der Waals surface area contributed by atoms with Crippen LogP contribution in [0.2, 0.25) is 0 Å². The Balaban J connectivity index is 0.000000258. The summed E-state index contributed by atoms with van der Waals surface area (Å²) in [6.07, 6.45) is 3.17. The summed E-state index contributed by atoms with van der Waals surface area (Å²) in [6, 6.07) is 35.9. The van der Waals surface area contributed by atoms with Crippen LogP contribution in [0.5, 0.6) is 23.0 Å². The van der Waals surface area contributed by atoms with Gasteiger partial charge in [0.1, 0.15) is 34.6 Å². The number of halogens is 2. The van der Waals surface area contributed by atoms with Crippen LogP contribution in [-0.4, -0.2) is 133 Å². The van der Waals surface area contributed by atoms with Crippen molar-refractivity contribution in [1.82, 2.24) is 9.97 Å². The minimum Gasteiger partial charge on any atom is -0.550 e. The molecule has 0 amide bonds. The maximum Gasteiger partial charge on any atom is 2.00 e. The molecule has 0 fully saturated rings. The van der Waals surface area contributed by atoms with E-state index in [4.69, 9.17) is 18.9 Å². The normalized spacial score (nSPS) is 12.8. The molecule has 0 aliphatic heterocycles. The van der Waals surface area contributed by atoms with Crippen molar-refractivity contribution in [2.75, 3.05) is 28.4 Å². The van der Waals surface area contributed by atoms with Crippen molar-refractivity contribution in [2.24, 2.45) is 0 Å². The largest absolute Gasteiger partial charge is 2.00 e.